The van der Waals surface area contributed by atoms with Crippen LogP contribution in [0.15, 0.2) is 0 Å². The molecule has 1 unspecified atom stereocenters. The summed E-state index contributed by atoms with van der Waals surface area (Å²) in [6.45, 7) is 2.11. The molecule has 0 rings (SSSR count). The van der Waals surface area contributed by atoms with Crippen LogP contribution in [-0.4, -0.2) is 29.9 Å². The summed E-state index contributed by atoms with van der Waals surface area (Å²) in [4.78, 5) is 0. The van der Waals surface area contributed by atoms with Crippen molar-refractivity contribution >= 4 is 10.1 Å². The zero-order chi connectivity index (χ0) is 13.1. The Morgan fingerprint density at radius 2 is 1.50 bits per heavy atom. The maximum atomic E-state index is 10.3. The minimum Gasteiger partial charge on any atom is -0.748 e. The number of hydrogen-bond acceptors (Lipinski definition) is 4. The van der Waals surface area contributed by atoms with Crippen LogP contribution in [0.25, 0.3) is 0 Å². The van der Waals surface area contributed by atoms with Gasteiger partial charge >= 0.3 is 29.6 Å². The van der Waals surface area contributed by atoms with Crippen LogP contribution in [-0.2, 0) is 10.1 Å². The summed E-state index contributed by atoms with van der Waals surface area (Å²) in [7, 11) is -4.03. The second-order valence-electron chi connectivity index (χ2n) is 4.61. The van der Waals surface area contributed by atoms with E-state index in [9.17, 15) is 18.1 Å². The van der Waals surface area contributed by atoms with Gasteiger partial charge in [0.2, 0.25) is 0 Å². The van der Waals surface area contributed by atoms with Crippen molar-refractivity contribution in [2.75, 3.05) is 5.75 Å². The zero-order valence-electron chi connectivity index (χ0n) is 11.7. The summed E-state index contributed by atoms with van der Waals surface area (Å²) in [5.41, 5.74) is 0. The molecule has 4 nitrogen and oxygen atoms in total. The molecule has 18 heavy (non-hydrogen) atoms. The van der Waals surface area contributed by atoms with E-state index < -0.39 is 10.1 Å². The van der Waals surface area contributed by atoms with E-state index in [0.29, 0.717) is 6.42 Å². The van der Waals surface area contributed by atoms with Gasteiger partial charge in [-0.2, -0.15) is 0 Å². The second kappa shape index (κ2) is 12.9. The fourth-order valence-electron chi connectivity index (χ4n) is 1.77. The Balaban J connectivity index is 0. The Kier molecular flexibility index (Phi) is 15.2. The summed E-state index contributed by atoms with van der Waals surface area (Å²) in [6, 6.07) is 0. The van der Waals surface area contributed by atoms with Gasteiger partial charge < -0.3 is 9.66 Å². The molecule has 0 spiro atoms. The molecule has 0 radical (unpaired) electrons. The fourth-order valence-corrected chi connectivity index (χ4v) is 2.33. The zero-order valence-corrected chi connectivity index (χ0v) is 14.5. The quantitative estimate of drug-likeness (QED) is 0.314. The van der Waals surface area contributed by atoms with Crippen molar-refractivity contribution in [2.24, 2.45) is 0 Å². The Morgan fingerprint density at radius 3 is 2.06 bits per heavy atom. The van der Waals surface area contributed by atoms with E-state index in [-0.39, 0.29) is 41.4 Å². The minimum atomic E-state index is -4.03. The second-order valence-corrected chi connectivity index (χ2v) is 6.14. The number of aliphatic hydroxyl groups is 1. The largest absolute Gasteiger partial charge is 1.00 e. The molecule has 0 aliphatic carbocycles. The van der Waals surface area contributed by atoms with Gasteiger partial charge in [-0.05, 0) is 19.3 Å². The SMILES string of the molecule is CCCCC(O)CCCCCCCS(=O)(=O)[O-].[Na+]. The van der Waals surface area contributed by atoms with Crippen molar-refractivity contribution in [1.29, 1.82) is 0 Å². The molecule has 104 valence electrons. The smallest absolute Gasteiger partial charge is 0.748 e. The average Bonchev–Trinajstić information content (AvgIpc) is 2.23. The first-order valence-electron chi connectivity index (χ1n) is 6.57. The van der Waals surface area contributed by atoms with Gasteiger partial charge in [-0.15, -0.1) is 0 Å². The standard InChI is InChI=1S/C12H26O4S.Na/c1-2-3-9-12(13)10-7-5-4-6-8-11-17(14,15)16;/h12-13H,2-11H2,1H3,(H,14,15,16);/q;+1/p-1. The van der Waals surface area contributed by atoms with Gasteiger partial charge in [0.25, 0.3) is 0 Å². The van der Waals surface area contributed by atoms with E-state index in [1.807, 2.05) is 0 Å². The summed E-state index contributed by atoms with van der Waals surface area (Å²) < 4.78 is 31.0. The molecule has 0 aromatic rings. The van der Waals surface area contributed by atoms with E-state index in [1.54, 1.807) is 0 Å². The third-order valence-corrected chi connectivity index (χ3v) is 3.61. The average molecular weight is 288 g/mol. The first-order valence-corrected chi connectivity index (χ1v) is 8.15. The van der Waals surface area contributed by atoms with Crippen molar-refractivity contribution in [2.45, 2.75) is 70.8 Å². The van der Waals surface area contributed by atoms with Gasteiger partial charge in [0, 0.05) is 5.75 Å². The van der Waals surface area contributed by atoms with Crippen LogP contribution >= 0.6 is 0 Å². The van der Waals surface area contributed by atoms with Crippen LogP contribution in [0.1, 0.15) is 64.7 Å². The van der Waals surface area contributed by atoms with Gasteiger partial charge in [0.1, 0.15) is 0 Å². The summed E-state index contributed by atoms with van der Waals surface area (Å²) in [5.74, 6) is -0.244. The molecule has 0 saturated heterocycles. The maximum Gasteiger partial charge on any atom is 1.00 e. The maximum absolute atomic E-state index is 10.3. The van der Waals surface area contributed by atoms with Crippen LogP contribution in [0.2, 0.25) is 0 Å². The molecular formula is C12H25NaO4S. The van der Waals surface area contributed by atoms with Crippen molar-refractivity contribution < 1.29 is 47.6 Å². The molecule has 0 aliphatic rings. The first kappa shape index (κ1) is 21.2. The van der Waals surface area contributed by atoms with E-state index in [4.69, 9.17) is 0 Å². The van der Waals surface area contributed by atoms with Crippen LogP contribution in [0, 0.1) is 0 Å². The molecule has 0 bridgehead atoms. The summed E-state index contributed by atoms with van der Waals surface area (Å²) >= 11 is 0. The Morgan fingerprint density at radius 1 is 1.00 bits per heavy atom. The topological polar surface area (TPSA) is 77.4 Å². The molecule has 0 aromatic carbocycles. The fraction of sp³-hybridized carbons (Fsp3) is 1.00. The predicted molar refractivity (Wildman–Crippen MR) is 67.8 cm³/mol. The number of rotatable bonds is 11. The molecule has 0 saturated carbocycles. The molecule has 0 heterocycles. The van der Waals surface area contributed by atoms with E-state index in [2.05, 4.69) is 6.92 Å². The Labute approximate surface area is 134 Å². The molecule has 0 aliphatic heterocycles. The predicted octanol–water partition coefficient (Wildman–Crippen LogP) is -0.573. The molecular weight excluding hydrogens is 263 g/mol. The normalized spacial score (nSPS) is 13.1. The first-order chi connectivity index (χ1) is 7.95. The van der Waals surface area contributed by atoms with E-state index >= 15 is 0 Å². The number of unbranched alkanes of at least 4 members (excludes halogenated alkanes) is 5. The van der Waals surface area contributed by atoms with Crippen LogP contribution in [0.3, 0.4) is 0 Å². The monoisotopic (exact) mass is 288 g/mol. The Hall–Kier alpha value is 0.870. The molecule has 0 aromatic heterocycles. The minimum absolute atomic E-state index is 0. The van der Waals surface area contributed by atoms with Crippen molar-refractivity contribution in [3.8, 4) is 0 Å². The van der Waals surface area contributed by atoms with Crippen LogP contribution in [0.4, 0.5) is 0 Å². The van der Waals surface area contributed by atoms with Gasteiger partial charge in [-0.25, -0.2) is 8.42 Å². The molecule has 6 heteroatoms. The molecule has 0 fully saturated rings. The molecule has 0 amide bonds. The summed E-state index contributed by atoms with van der Waals surface area (Å²) in [6.07, 6.45) is 7.88. The third-order valence-electron chi connectivity index (χ3n) is 2.82. The molecule has 1 atom stereocenters. The van der Waals surface area contributed by atoms with Gasteiger partial charge in [0.05, 0.1) is 16.2 Å². The van der Waals surface area contributed by atoms with Crippen LogP contribution < -0.4 is 29.6 Å². The van der Waals surface area contributed by atoms with Gasteiger partial charge in [0.15, 0.2) is 0 Å². The van der Waals surface area contributed by atoms with Crippen molar-refractivity contribution in [3.63, 3.8) is 0 Å². The van der Waals surface area contributed by atoms with Crippen molar-refractivity contribution in [3.05, 3.63) is 0 Å². The Bertz CT molecular complexity index is 267. The van der Waals surface area contributed by atoms with E-state index in [1.165, 1.54) is 0 Å². The van der Waals surface area contributed by atoms with E-state index in [0.717, 1.165) is 51.4 Å². The summed E-state index contributed by atoms with van der Waals surface area (Å²) in [5, 5.41) is 9.57. The van der Waals surface area contributed by atoms with Crippen molar-refractivity contribution in [1.82, 2.24) is 0 Å². The van der Waals surface area contributed by atoms with Gasteiger partial charge in [-0.3, -0.25) is 0 Å². The van der Waals surface area contributed by atoms with Gasteiger partial charge in [-0.1, -0.05) is 45.4 Å². The van der Waals surface area contributed by atoms with Crippen LogP contribution in [0.5, 0.6) is 0 Å². The third kappa shape index (κ3) is 16.9. The number of hydrogen-bond donors (Lipinski definition) is 1. The number of aliphatic hydroxyl groups excluding tert-OH is 1. The molecule has 1 N–H and O–H groups in total.